The van der Waals surface area contributed by atoms with E-state index in [0.717, 1.165) is 41.2 Å². The molecule has 3 N–H and O–H groups in total. The van der Waals surface area contributed by atoms with Crippen LogP contribution in [0.2, 0.25) is 0 Å². The highest BCUT2D eigenvalue weighted by Crippen LogP contribution is 2.31. The van der Waals surface area contributed by atoms with Crippen molar-refractivity contribution in [1.82, 2.24) is 15.0 Å². The maximum Gasteiger partial charge on any atom is 0.163 e. The topological polar surface area (TPSA) is 70.8 Å². The zero-order chi connectivity index (χ0) is 14.9. The fraction of sp³-hybridized carbons (Fsp3) is 0.294. The van der Waals surface area contributed by atoms with E-state index in [1.807, 2.05) is 42.6 Å². The van der Waals surface area contributed by atoms with E-state index >= 15 is 0 Å². The van der Waals surface area contributed by atoms with E-state index in [-0.39, 0.29) is 0 Å². The fourth-order valence-corrected chi connectivity index (χ4v) is 3.22. The van der Waals surface area contributed by atoms with E-state index in [2.05, 4.69) is 14.9 Å². The Morgan fingerprint density at radius 3 is 2.86 bits per heavy atom. The number of nitrogens with zero attached hydrogens (tertiary/aromatic N) is 3. The summed E-state index contributed by atoms with van der Waals surface area (Å²) in [5.41, 5.74) is 7.85. The lowest BCUT2D eigenvalue weighted by molar-refractivity contribution is 0.673. The van der Waals surface area contributed by atoms with Crippen LogP contribution in [0.25, 0.3) is 22.4 Å². The van der Waals surface area contributed by atoms with E-state index in [0.29, 0.717) is 12.6 Å². The molecule has 5 nitrogen and oxygen atoms in total. The fourth-order valence-electron chi connectivity index (χ4n) is 3.22. The van der Waals surface area contributed by atoms with Crippen molar-refractivity contribution >= 4 is 16.9 Å². The molecule has 0 unspecified atom stereocenters. The summed E-state index contributed by atoms with van der Waals surface area (Å²) in [4.78, 5) is 15.1. The first-order valence-electron chi connectivity index (χ1n) is 7.74. The SMILES string of the molecule is NC[C@H]1CCCN1c1nc(-c2ccccc2)nc2[nH]ccc12. The van der Waals surface area contributed by atoms with Gasteiger partial charge in [0.05, 0.1) is 5.39 Å². The highest BCUT2D eigenvalue weighted by molar-refractivity contribution is 5.89. The average Bonchev–Trinajstić information content (AvgIpc) is 3.23. The summed E-state index contributed by atoms with van der Waals surface area (Å²) in [5, 5.41) is 1.07. The van der Waals surface area contributed by atoms with Crippen LogP contribution in [-0.4, -0.2) is 34.1 Å². The van der Waals surface area contributed by atoms with E-state index in [9.17, 15) is 0 Å². The normalized spacial score (nSPS) is 18.2. The van der Waals surface area contributed by atoms with Crippen molar-refractivity contribution in [2.24, 2.45) is 5.73 Å². The molecule has 0 saturated carbocycles. The van der Waals surface area contributed by atoms with Crippen LogP contribution >= 0.6 is 0 Å². The Bertz CT molecular complexity index is 780. The molecule has 0 aliphatic carbocycles. The van der Waals surface area contributed by atoms with Crippen molar-refractivity contribution in [2.45, 2.75) is 18.9 Å². The lowest BCUT2D eigenvalue weighted by Gasteiger charge is -2.25. The number of rotatable bonds is 3. The minimum atomic E-state index is 0.372. The van der Waals surface area contributed by atoms with Crippen molar-refractivity contribution in [3.8, 4) is 11.4 Å². The summed E-state index contributed by atoms with van der Waals surface area (Å²) in [6, 6.07) is 12.5. The van der Waals surface area contributed by atoms with Crippen LogP contribution in [0, 0.1) is 0 Å². The quantitative estimate of drug-likeness (QED) is 0.778. The number of anilines is 1. The van der Waals surface area contributed by atoms with Gasteiger partial charge in [0.2, 0.25) is 0 Å². The van der Waals surface area contributed by atoms with Crippen LogP contribution in [0.3, 0.4) is 0 Å². The second-order valence-electron chi connectivity index (χ2n) is 5.70. The predicted octanol–water partition coefficient (Wildman–Crippen LogP) is 2.55. The number of hydrogen-bond acceptors (Lipinski definition) is 4. The Labute approximate surface area is 129 Å². The number of nitrogens with two attached hydrogens (primary N) is 1. The Morgan fingerprint density at radius 2 is 2.05 bits per heavy atom. The van der Waals surface area contributed by atoms with Crippen LogP contribution in [-0.2, 0) is 0 Å². The van der Waals surface area contributed by atoms with Gasteiger partial charge in [-0.25, -0.2) is 9.97 Å². The first kappa shape index (κ1) is 13.3. The third-order valence-electron chi connectivity index (χ3n) is 4.35. The molecule has 1 aliphatic heterocycles. The predicted molar refractivity (Wildman–Crippen MR) is 88.7 cm³/mol. The Hall–Kier alpha value is -2.40. The van der Waals surface area contributed by atoms with Gasteiger partial charge in [-0.3, -0.25) is 0 Å². The van der Waals surface area contributed by atoms with Crippen LogP contribution in [0.15, 0.2) is 42.6 Å². The van der Waals surface area contributed by atoms with Crippen molar-refractivity contribution in [1.29, 1.82) is 0 Å². The maximum absolute atomic E-state index is 5.94. The Balaban J connectivity index is 1.88. The molecular weight excluding hydrogens is 274 g/mol. The molecule has 0 amide bonds. The molecule has 4 rings (SSSR count). The van der Waals surface area contributed by atoms with Crippen LogP contribution in [0.5, 0.6) is 0 Å². The van der Waals surface area contributed by atoms with Gasteiger partial charge < -0.3 is 15.6 Å². The molecular formula is C17H19N5. The molecule has 22 heavy (non-hydrogen) atoms. The molecule has 1 aromatic carbocycles. The number of H-pyrrole nitrogens is 1. The van der Waals surface area contributed by atoms with Crippen LogP contribution in [0.4, 0.5) is 5.82 Å². The summed E-state index contributed by atoms with van der Waals surface area (Å²) in [5.74, 6) is 1.76. The zero-order valence-electron chi connectivity index (χ0n) is 12.4. The van der Waals surface area contributed by atoms with Gasteiger partial charge in [-0.2, -0.15) is 0 Å². The number of aromatic nitrogens is 3. The smallest absolute Gasteiger partial charge is 0.163 e. The van der Waals surface area contributed by atoms with Gasteiger partial charge in [0.25, 0.3) is 0 Å². The van der Waals surface area contributed by atoms with Gasteiger partial charge in [0.1, 0.15) is 11.5 Å². The lowest BCUT2D eigenvalue weighted by Crippen LogP contribution is -2.36. The molecule has 0 radical (unpaired) electrons. The van der Waals surface area contributed by atoms with Gasteiger partial charge in [-0.15, -0.1) is 0 Å². The summed E-state index contributed by atoms with van der Waals surface area (Å²) in [7, 11) is 0. The number of aromatic amines is 1. The number of fused-ring (bicyclic) bond motifs is 1. The van der Waals surface area contributed by atoms with Gasteiger partial charge in [-0.1, -0.05) is 30.3 Å². The molecule has 3 aromatic rings. The standard InChI is InChI=1S/C17H19N5/c18-11-13-7-4-10-22(13)17-14-8-9-19-16(14)20-15(21-17)12-5-2-1-3-6-12/h1-3,5-6,8-9,13H,4,7,10-11,18H2,(H,19,20,21)/t13-/m1/s1. The third kappa shape index (κ3) is 2.14. The second kappa shape index (κ2) is 5.42. The molecule has 1 aliphatic rings. The minimum Gasteiger partial charge on any atom is -0.352 e. The lowest BCUT2D eigenvalue weighted by atomic mass is 10.2. The van der Waals surface area contributed by atoms with Gasteiger partial charge in [0.15, 0.2) is 5.82 Å². The molecule has 112 valence electrons. The highest BCUT2D eigenvalue weighted by atomic mass is 15.2. The van der Waals surface area contributed by atoms with Gasteiger partial charge >= 0.3 is 0 Å². The number of nitrogens with one attached hydrogen (secondary N) is 1. The molecule has 0 spiro atoms. The minimum absolute atomic E-state index is 0.372. The zero-order valence-corrected chi connectivity index (χ0v) is 12.4. The molecule has 1 fully saturated rings. The summed E-state index contributed by atoms with van der Waals surface area (Å²) < 4.78 is 0. The largest absolute Gasteiger partial charge is 0.352 e. The van der Waals surface area contributed by atoms with Crippen LogP contribution in [0.1, 0.15) is 12.8 Å². The molecule has 0 bridgehead atoms. The van der Waals surface area contributed by atoms with E-state index in [1.165, 1.54) is 6.42 Å². The Kier molecular flexibility index (Phi) is 3.27. The Morgan fingerprint density at radius 1 is 1.18 bits per heavy atom. The number of hydrogen-bond donors (Lipinski definition) is 2. The molecule has 1 saturated heterocycles. The van der Waals surface area contributed by atoms with Crippen molar-refractivity contribution in [3.63, 3.8) is 0 Å². The number of benzene rings is 1. The average molecular weight is 293 g/mol. The molecule has 2 aromatic heterocycles. The van der Waals surface area contributed by atoms with Crippen molar-refractivity contribution in [3.05, 3.63) is 42.6 Å². The van der Waals surface area contributed by atoms with E-state index < -0.39 is 0 Å². The molecule has 1 atom stereocenters. The first-order valence-corrected chi connectivity index (χ1v) is 7.74. The third-order valence-corrected chi connectivity index (χ3v) is 4.35. The first-order chi connectivity index (χ1) is 10.9. The summed E-state index contributed by atoms with van der Waals surface area (Å²) in [6.07, 6.45) is 4.22. The molecule has 3 heterocycles. The molecule has 5 heteroatoms. The van der Waals surface area contributed by atoms with Gasteiger partial charge in [0, 0.05) is 30.9 Å². The maximum atomic E-state index is 5.94. The summed E-state index contributed by atoms with van der Waals surface area (Å²) in [6.45, 7) is 1.67. The van der Waals surface area contributed by atoms with Crippen molar-refractivity contribution in [2.75, 3.05) is 18.0 Å². The summed E-state index contributed by atoms with van der Waals surface area (Å²) >= 11 is 0. The van der Waals surface area contributed by atoms with Gasteiger partial charge in [-0.05, 0) is 18.9 Å². The van der Waals surface area contributed by atoms with E-state index in [1.54, 1.807) is 0 Å². The monoisotopic (exact) mass is 293 g/mol. The van der Waals surface area contributed by atoms with Crippen LogP contribution < -0.4 is 10.6 Å². The van der Waals surface area contributed by atoms with Crippen molar-refractivity contribution < 1.29 is 0 Å². The second-order valence-corrected chi connectivity index (χ2v) is 5.70. The highest BCUT2D eigenvalue weighted by Gasteiger charge is 2.26. The van der Waals surface area contributed by atoms with E-state index in [4.69, 9.17) is 10.7 Å².